The number of hydrogen-bond donors (Lipinski definition) is 2. The molecule has 2 aromatic carbocycles. The van der Waals surface area contributed by atoms with E-state index in [0.717, 1.165) is 17.7 Å². The number of rotatable bonds is 4. The molecule has 0 aromatic heterocycles. The summed E-state index contributed by atoms with van der Waals surface area (Å²) in [6, 6.07) is 10.8. The molecule has 0 radical (unpaired) electrons. The van der Waals surface area contributed by atoms with E-state index in [1.165, 1.54) is 0 Å². The molecule has 1 atom stereocenters. The van der Waals surface area contributed by atoms with Crippen LogP contribution in [0.5, 0.6) is 0 Å². The van der Waals surface area contributed by atoms with E-state index in [0.29, 0.717) is 0 Å². The van der Waals surface area contributed by atoms with Gasteiger partial charge in [0.25, 0.3) is 0 Å². The Morgan fingerprint density at radius 1 is 1.19 bits per heavy atom. The molecule has 0 fully saturated rings. The smallest absolute Gasteiger partial charge is 0.233 e. The third-order valence-electron chi connectivity index (χ3n) is 3.02. The van der Waals surface area contributed by atoms with Gasteiger partial charge < -0.3 is 11.1 Å². The maximum absolute atomic E-state index is 13.7. The highest BCUT2D eigenvalue weighted by atomic mass is 79.9. The highest BCUT2D eigenvalue weighted by Gasteiger charge is 2.20. The van der Waals surface area contributed by atoms with Gasteiger partial charge in [0, 0.05) is 12.6 Å². The lowest BCUT2D eigenvalue weighted by atomic mass is 9.98. The average molecular weight is 355 g/mol. The molecule has 0 heterocycles. The molecule has 0 bridgehead atoms. The Balaban J connectivity index is 2.23. The normalized spacial score (nSPS) is 12.0. The van der Waals surface area contributed by atoms with E-state index in [1.54, 1.807) is 24.3 Å². The Labute approximate surface area is 129 Å². The molecule has 0 aliphatic heterocycles. The lowest BCUT2D eigenvalue weighted by Gasteiger charge is -2.16. The Morgan fingerprint density at radius 2 is 1.86 bits per heavy atom. The first-order chi connectivity index (χ1) is 10.0. The molecule has 0 spiro atoms. The van der Waals surface area contributed by atoms with Gasteiger partial charge in [0.2, 0.25) is 5.91 Å². The van der Waals surface area contributed by atoms with Crippen LogP contribution in [0.4, 0.5) is 14.5 Å². The topological polar surface area (TPSA) is 55.1 Å². The summed E-state index contributed by atoms with van der Waals surface area (Å²) in [6.07, 6.45) is 0. The molecule has 0 aliphatic rings. The third-order valence-corrected chi connectivity index (χ3v) is 3.63. The van der Waals surface area contributed by atoms with Crippen LogP contribution in [-0.4, -0.2) is 12.5 Å². The Hall–Kier alpha value is -1.79. The van der Waals surface area contributed by atoms with Crippen LogP contribution in [0, 0.1) is 11.6 Å². The number of halogens is 3. The van der Waals surface area contributed by atoms with E-state index in [1.807, 2.05) is 6.07 Å². The Bertz CT molecular complexity index is 650. The maximum Gasteiger partial charge on any atom is 0.233 e. The first-order valence-corrected chi connectivity index (χ1v) is 7.02. The highest BCUT2D eigenvalue weighted by Crippen LogP contribution is 2.25. The fourth-order valence-corrected chi connectivity index (χ4v) is 2.23. The summed E-state index contributed by atoms with van der Waals surface area (Å²) in [5.74, 6) is -2.49. The first-order valence-electron chi connectivity index (χ1n) is 6.23. The van der Waals surface area contributed by atoms with Crippen molar-refractivity contribution >= 4 is 27.5 Å². The predicted octanol–water partition coefficient (Wildman–Crippen LogP) is 3.41. The molecule has 0 saturated carbocycles. The number of hydrogen-bond acceptors (Lipinski definition) is 2. The van der Waals surface area contributed by atoms with Crippen LogP contribution in [-0.2, 0) is 4.79 Å². The minimum absolute atomic E-state index is 0.00330. The molecular formula is C15H13BrF2N2O. The third kappa shape index (κ3) is 3.65. The van der Waals surface area contributed by atoms with Crippen molar-refractivity contribution in [2.75, 3.05) is 11.9 Å². The summed E-state index contributed by atoms with van der Waals surface area (Å²) in [6.45, 7) is 0.0659. The van der Waals surface area contributed by atoms with Gasteiger partial charge in [-0.1, -0.05) is 30.3 Å². The molecule has 0 aliphatic carbocycles. The van der Waals surface area contributed by atoms with Crippen LogP contribution in [0.2, 0.25) is 0 Å². The van der Waals surface area contributed by atoms with E-state index in [4.69, 9.17) is 5.73 Å². The monoisotopic (exact) mass is 354 g/mol. The van der Waals surface area contributed by atoms with Gasteiger partial charge in [-0.3, -0.25) is 4.79 Å². The van der Waals surface area contributed by atoms with Gasteiger partial charge in [-0.15, -0.1) is 0 Å². The molecule has 1 unspecified atom stereocenters. The molecule has 2 rings (SSSR count). The van der Waals surface area contributed by atoms with E-state index in [-0.39, 0.29) is 16.7 Å². The van der Waals surface area contributed by atoms with Crippen molar-refractivity contribution in [1.82, 2.24) is 0 Å². The van der Waals surface area contributed by atoms with Crippen LogP contribution in [0.15, 0.2) is 46.9 Å². The predicted molar refractivity (Wildman–Crippen MR) is 80.9 cm³/mol. The van der Waals surface area contributed by atoms with Crippen molar-refractivity contribution in [3.63, 3.8) is 0 Å². The summed E-state index contributed by atoms with van der Waals surface area (Å²) in [5.41, 5.74) is 6.12. The van der Waals surface area contributed by atoms with Gasteiger partial charge in [-0.05, 0) is 27.6 Å². The zero-order valence-corrected chi connectivity index (χ0v) is 12.5. The highest BCUT2D eigenvalue weighted by molar-refractivity contribution is 9.10. The average Bonchev–Trinajstić information content (AvgIpc) is 2.46. The van der Waals surface area contributed by atoms with Crippen molar-refractivity contribution in [2.24, 2.45) is 5.73 Å². The number of nitrogens with one attached hydrogen (secondary N) is 1. The first kappa shape index (κ1) is 15.6. The van der Waals surface area contributed by atoms with Crippen molar-refractivity contribution in [2.45, 2.75) is 5.92 Å². The second-order valence-electron chi connectivity index (χ2n) is 4.43. The lowest BCUT2D eigenvalue weighted by Crippen LogP contribution is -2.27. The van der Waals surface area contributed by atoms with Crippen LogP contribution >= 0.6 is 15.9 Å². The van der Waals surface area contributed by atoms with Gasteiger partial charge in [-0.25, -0.2) is 8.78 Å². The second kappa shape index (κ2) is 6.78. The number of anilines is 1. The summed E-state index contributed by atoms with van der Waals surface area (Å²) >= 11 is 2.88. The van der Waals surface area contributed by atoms with Gasteiger partial charge in [0.15, 0.2) is 0 Å². The minimum Gasteiger partial charge on any atom is -0.329 e. The second-order valence-corrected chi connectivity index (χ2v) is 5.29. The van der Waals surface area contributed by atoms with E-state index >= 15 is 0 Å². The van der Waals surface area contributed by atoms with Crippen molar-refractivity contribution in [1.29, 1.82) is 0 Å². The summed E-state index contributed by atoms with van der Waals surface area (Å²) in [4.78, 5) is 12.2. The summed E-state index contributed by atoms with van der Waals surface area (Å²) in [5, 5.41) is 2.37. The largest absolute Gasteiger partial charge is 0.329 e. The number of benzene rings is 2. The zero-order chi connectivity index (χ0) is 15.4. The molecule has 21 heavy (non-hydrogen) atoms. The lowest BCUT2D eigenvalue weighted by molar-refractivity contribution is -0.117. The minimum atomic E-state index is -0.722. The standard InChI is InChI=1S/C15H13BrF2N2O/c16-11-6-13(18)14(7-12(11)17)20-15(21)10(8-19)9-4-2-1-3-5-9/h1-7,10H,8,19H2,(H,20,21). The molecular weight excluding hydrogens is 342 g/mol. The summed E-state index contributed by atoms with van der Waals surface area (Å²) in [7, 11) is 0. The summed E-state index contributed by atoms with van der Waals surface area (Å²) < 4.78 is 27.1. The molecule has 3 N–H and O–H groups in total. The Kier molecular flexibility index (Phi) is 5.03. The molecule has 110 valence electrons. The van der Waals surface area contributed by atoms with Crippen LogP contribution in [0.3, 0.4) is 0 Å². The van der Waals surface area contributed by atoms with E-state index < -0.39 is 23.5 Å². The number of amides is 1. The van der Waals surface area contributed by atoms with E-state index in [2.05, 4.69) is 21.2 Å². The van der Waals surface area contributed by atoms with Gasteiger partial charge in [0.1, 0.15) is 11.6 Å². The van der Waals surface area contributed by atoms with E-state index in [9.17, 15) is 13.6 Å². The van der Waals surface area contributed by atoms with Crippen molar-refractivity contribution < 1.29 is 13.6 Å². The number of carbonyl (C=O) groups excluding carboxylic acids is 1. The fraction of sp³-hybridized carbons (Fsp3) is 0.133. The zero-order valence-electron chi connectivity index (χ0n) is 10.9. The fourth-order valence-electron chi connectivity index (χ4n) is 1.92. The Morgan fingerprint density at radius 3 is 2.48 bits per heavy atom. The van der Waals surface area contributed by atoms with Crippen LogP contribution < -0.4 is 11.1 Å². The van der Waals surface area contributed by atoms with Gasteiger partial charge >= 0.3 is 0 Å². The van der Waals surface area contributed by atoms with Crippen LogP contribution in [0.25, 0.3) is 0 Å². The molecule has 3 nitrogen and oxygen atoms in total. The van der Waals surface area contributed by atoms with Crippen molar-refractivity contribution in [3.05, 3.63) is 64.1 Å². The molecule has 6 heteroatoms. The number of nitrogens with two attached hydrogens (primary N) is 1. The molecule has 0 saturated heterocycles. The quantitative estimate of drug-likeness (QED) is 0.826. The van der Waals surface area contributed by atoms with Crippen LogP contribution in [0.1, 0.15) is 11.5 Å². The maximum atomic E-state index is 13.7. The van der Waals surface area contributed by atoms with Crippen molar-refractivity contribution in [3.8, 4) is 0 Å². The molecule has 1 amide bonds. The SMILES string of the molecule is NCC(C(=O)Nc1cc(F)c(Br)cc1F)c1ccccc1. The molecule has 2 aromatic rings. The number of carbonyl (C=O) groups is 1. The van der Waals surface area contributed by atoms with Gasteiger partial charge in [0.05, 0.1) is 16.1 Å². The van der Waals surface area contributed by atoms with Gasteiger partial charge in [-0.2, -0.15) is 0 Å².